The van der Waals surface area contributed by atoms with Crippen molar-refractivity contribution in [2.75, 3.05) is 0 Å². The molecule has 0 bridgehead atoms. The summed E-state index contributed by atoms with van der Waals surface area (Å²) in [4.78, 5) is 0. The van der Waals surface area contributed by atoms with Gasteiger partial charge < -0.3 is 4.52 Å². The fourth-order valence-electron chi connectivity index (χ4n) is 1.17. The lowest BCUT2D eigenvalue weighted by atomic mass is 10.1. The summed E-state index contributed by atoms with van der Waals surface area (Å²) in [6.07, 6.45) is 1.63. The number of alkyl halides is 1. The van der Waals surface area contributed by atoms with Gasteiger partial charge in [0.1, 0.15) is 0 Å². The Kier molecular flexibility index (Phi) is 2.32. The van der Waals surface area contributed by atoms with Gasteiger partial charge in [0.15, 0.2) is 5.76 Å². The molecule has 0 aliphatic rings. The van der Waals surface area contributed by atoms with Crippen LogP contribution >= 0.6 is 11.6 Å². The van der Waals surface area contributed by atoms with Crippen LogP contribution < -0.4 is 0 Å². The summed E-state index contributed by atoms with van der Waals surface area (Å²) in [5.41, 5.74) is 2.09. The van der Waals surface area contributed by atoms with E-state index in [9.17, 15) is 0 Å². The fraction of sp³-hybridized carbons (Fsp3) is 0.100. The van der Waals surface area contributed by atoms with Gasteiger partial charge >= 0.3 is 0 Å². The second-order valence-corrected chi connectivity index (χ2v) is 2.98. The van der Waals surface area contributed by atoms with Crippen molar-refractivity contribution in [1.82, 2.24) is 5.16 Å². The van der Waals surface area contributed by atoms with Gasteiger partial charge in [-0.05, 0) is 11.6 Å². The van der Waals surface area contributed by atoms with Crippen LogP contribution in [0.15, 0.2) is 41.1 Å². The summed E-state index contributed by atoms with van der Waals surface area (Å²) in [7, 11) is 0. The van der Waals surface area contributed by atoms with Crippen molar-refractivity contribution in [3.63, 3.8) is 0 Å². The third-order valence-electron chi connectivity index (χ3n) is 1.80. The number of aromatic nitrogens is 1. The van der Waals surface area contributed by atoms with Gasteiger partial charge in [-0.2, -0.15) is 0 Å². The van der Waals surface area contributed by atoms with Gasteiger partial charge in [0.2, 0.25) is 0 Å². The standard InChI is InChI=1S/C10H8ClNO/c11-7-8-2-1-3-9(6-8)10-4-5-12-13-10/h1-6H,7H2. The number of rotatable bonds is 2. The van der Waals surface area contributed by atoms with E-state index in [1.54, 1.807) is 6.20 Å². The van der Waals surface area contributed by atoms with Gasteiger partial charge in [0.25, 0.3) is 0 Å². The summed E-state index contributed by atoms with van der Waals surface area (Å²) in [5, 5.41) is 3.65. The first-order chi connectivity index (χ1) is 6.40. The highest BCUT2D eigenvalue weighted by Gasteiger charge is 2.01. The predicted molar refractivity (Wildman–Crippen MR) is 51.5 cm³/mol. The molecule has 0 N–H and O–H groups in total. The average Bonchev–Trinajstić information content (AvgIpc) is 2.71. The van der Waals surface area contributed by atoms with E-state index in [-0.39, 0.29) is 0 Å². The van der Waals surface area contributed by atoms with Crippen LogP contribution in [-0.4, -0.2) is 5.16 Å². The predicted octanol–water partition coefficient (Wildman–Crippen LogP) is 3.08. The van der Waals surface area contributed by atoms with Gasteiger partial charge in [0, 0.05) is 17.5 Å². The molecular weight excluding hydrogens is 186 g/mol. The van der Waals surface area contributed by atoms with Gasteiger partial charge in [-0.1, -0.05) is 23.4 Å². The lowest BCUT2D eigenvalue weighted by molar-refractivity contribution is 0.432. The maximum absolute atomic E-state index is 5.71. The molecule has 66 valence electrons. The molecule has 0 atom stereocenters. The summed E-state index contributed by atoms with van der Waals surface area (Å²) < 4.78 is 5.03. The highest BCUT2D eigenvalue weighted by atomic mass is 35.5. The molecule has 2 nitrogen and oxygen atoms in total. The second kappa shape index (κ2) is 3.62. The maximum Gasteiger partial charge on any atom is 0.166 e. The molecule has 2 rings (SSSR count). The zero-order valence-electron chi connectivity index (χ0n) is 6.90. The Bertz CT molecular complexity index is 384. The second-order valence-electron chi connectivity index (χ2n) is 2.71. The molecule has 1 aromatic heterocycles. The molecule has 1 aromatic carbocycles. The van der Waals surface area contributed by atoms with Crippen LogP contribution in [0, 0.1) is 0 Å². The van der Waals surface area contributed by atoms with Crippen molar-refractivity contribution in [2.24, 2.45) is 0 Å². The topological polar surface area (TPSA) is 26.0 Å². The summed E-state index contributed by atoms with van der Waals surface area (Å²) in [6, 6.07) is 9.72. The first kappa shape index (κ1) is 8.32. The molecule has 1 heterocycles. The molecule has 13 heavy (non-hydrogen) atoms. The van der Waals surface area contributed by atoms with Gasteiger partial charge in [-0.25, -0.2) is 0 Å². The molecule has 0 aliphatic carbocycles. The molecule has 3 heteroatoms. The van der Waals surface area contributed by atoms with Crippen LogP contribution in [0.1, 0.15) is 5.56 Å². The minimum Gasteiger partial charge on any atom is -0.356 e. The van der Waals surface area contributed by atoms with Gasteiger partial charge in [-0.15, -0.1) is 11.6 Å². The Morgan fingerprint density at radius 1 is 1.31 bits per heavy atom. The first-order valence-corrected chi connectivity index (χ1v) is 4.49. The first-order valence-electron chi connectivity index (χ1n) is 3.96. The molecule has 0 spiro atoms. The van der Waals surface area contributed by atoms with E-state index in [0.717, 1.165) is 16.9 Å². The van der Waals surface area contributed by atoms with E-state index in [4.69, 9.17) is 16.1 Å². The van der Waals surface area contributed by atoms with E-state index in [2.05, 4.69) is 5.16 Å². The van der Waals surface area contributed by atoms with E-state index < -0.39 is 0 Å². The number of hydrogen-bond donors (Lipinski definition) is 0. The lowest BCUT2D eigenvalue weighted by Gasteiger charge is -1.97. The molecule has 0 aliphatic heterocycles. The number of nitrogens with zero attached hydrogens (tertiary/aromatic N) is 1. The van der Waals surface area contributed by atoms with Crippen molar-refractivity contribution in [1.29, 1.82) is 0 Å². The molecule has 0 saturated heterocycles. The highest BCUT2D eigenvalue weighted by molar-refractivity contribution is 6.17. The van der Waals surface area contributed by atoms with Crippen molar-refractivity contribution >= 4 is 11.6 Å². The van der Waals surface area contributed by atoms with Gasteiger partial charge in [0.05, 0.1) is 6.20 Å². The zero-order chi connectivity index (χ0) is 9.10. The molecular formula is C10H8ClNO. The Morgan fingerprint density at radius 3 is 2.92 bits per heavy atom. The van der Waals surface area contributed by atoms with E-state index in [1.807, 2.05) is 30.3 Å². The van der Waals surface area contributed by atoms with Crippen molar-refractivity contribution in [3.8, 4) is 11.3 Å². The number of hydrogen-bond acceptors (Lipinski definition) is 2. The Hall–Kier alpha value is -1.28. The van der Waals surface area contributed by atoms with E-state index in [0.29, 0.717) is 5.88 Å². The van der Waals surface area contributed by atoms with Gasteiger partial charge in [-0.3, -0.25) is 0 Å². The van der Waals surface area contributed by atoms with Crippen molar-refractivity contribution in [3.05, 3.63) is 42.1 Å². The fourth-order valence-corrected chi connectivity index (χ4v) is 1.34. The zero-order valence-corrected chi connectivity index (χ0v) is 7.66. The van der Waals surface area contributed by atoms with Crippen LogP contribution in [-0.2, 0) is 5.88 Å². The number of benzene rings is 1. The van der Waals surface area contributed by atoms with Crippen LogP contribution in [0.25, 0.3) is 11.3 Å². The lowest BCUT2D eigenvalue weighted by Crippen LogP contribution is -1.79. The van der Waals surface area contributed by atoms with Crippen LogP contribution in [0.2, 0.25) is 0 Å². The summed E-state index contributed by atoms with van der Waals surface area (Å²) in [6.45, 7) is 0. The molecule has 0 radical (unpaired) electrons. The Labute approximate surface area is 81.1 Å². The van der Waals surface area contributed by atoms with Crippen molar-refractivity contribution in [2.45, 2.75) is 5.88 Å². The molecule has 0 unspecified atom stereocenters. The van der Waals surface area contributed by atoms with Crippen LogP contribution in [0.5, 0.6) is 0 Å². The monoisotopic (exact) mass is 193 g/mol. The quantitative estimate of drug-likeness (QED) is 0.686. The average molecular weight is 194 g/mol. The third kappa shape index (κ3) is 1.73. The Balaban J connectivity index is 2.41. The largest absolute Gasteiger partial charge is 0.356 e. The minimum atomic E-state index is 0.516. The SMILES string of the molecule is ClCc1cccc(-c2ccno2)c1. The third-order valence-corrected chi connectivity index (χ3v) is 2.11. The van der Waals surface area contributed by atoms with E-state index in [1.165, 1.54) is 0 Å². The van der Waals surface area contributed by atoms with Crippen LogP contribution in [0.4, 0.5) is 0 Å². The van der Waals surface area contributed by atoms with E-state index >= 15 is 0 Å². The number of halogens is 1. The Morgan fingerprint density at radius 2 is 2.23 bits per heavy atom. The smallest absolute Gasteiger partial charge is 0.166 e. The normalized spacial score (nSPS) is 10.2. The maximum atomic E-state index is 5.71. The highest BCUT2D eigenvalue weighted by Crippen LogP contribution is 2.20. The molecule has 0 amide bonds. The minimum absolute atomic E-state index is 0.516. The summed E-state index contributed by atoms with van der Waals surface area (Å²) in [5.74, 6) is 1.29. The molecule has 0 saturated carbocycles. The van der Waals surface area contributed by atoms with Crippen LogP contribution in [0.3, 0.4) is 0 Å². The molecule has 2 aromatic rings. The van der Waals surface area contributed by atoms with Crippen molar-refractivity contribution < 1.29 is 4.52 Å². The molecule has 0 fully saturated rings. The summed E-state index contributed by atoms with van der Waals surface area (Å²) >= 11 is 5.71.